The number of fused-ring (bicyclic) bond motifs is 2. The van der Waals surface area contributed by atoms with Crippen LogP contribution in [0.4, 0.5) is 0 Å². The third kappa shape index (κ3) is 2.60. The predicted octanol–water partition coefficient (Wildman–Crippen LogP) is 3.51. The Balaban J connectivity index is 2.09. The Morgan fingerprint density at radius 3 is 1.67 bits per heavy atom. The van der Waals surface area contributed by atoms with Gasteiger partial charge in [-0.15, -0.1) is 0 Å². The second kappa shape index (κ2) is 4.49. The van der Waals surface area contributed by atoms with Gasteiger partial charge in [0, 0.05) is 29.2 Å². The van der Waals surface area contributed by atoms with Gasteiger partial charge in [0.2, 0.25) is 0 Å². The summed E-state index contributed by atoms with van der Waals surface area (Å²) in [5, 5.41) is 0. The molecule has 18 heavy (non-hydrogen) atoms. The Morgan fingerprint density at radius 1 is 0.889 bits per heavy atom. The molecular formula is C16H32N2. The maximum Gasteiger partial charge on any atom is 0.0130 e. The van der Waals surface area contributed by atoms with Gasteiger partial charge in [-0.25, -0.2) is 0 Å². The average Bonchev–Trinajstić information content (AvgIpc) is 2.48. The van der Waals surface area contributed by atoms with Gasteiger partial charge in [-0.05, 0) is 74.3 Å². The van der Waals surface area contributed by atoms with Crippen LogP contribution in [0.5, 0.6) is 0 Å². The zero-order valence-corrected chi connectivity index (χ0v) is 13.5. The first-order chi connectivity index (χ1) is 8.10. The third-order valence-electron chi connectivity index (χ3n) is 5.09. The minimum absolute atomic E-state index is 0.300. The van der Waals surface area contributed by atoms with Gasteiger partial charge in [-0.3, -0.25) is 9.80 Å². The van der Waals surface area contributed by atoms with Gasteiger partial charge in [0.05, 0.1) is 0 Å². The Hall–Kier alpha value is -0.0800. The predicted molar refractivity (Wildman–Crippen MR) is 78.9 cm³/mol. The highest BCUT2D eigenvalue weighted by Gasteiger charge is 2.46. The maximum atomic E-state index is 2.81. The molecule has 106 valence electrons. The Bertz CT molecular complexity index is 283. The molecule has 2 aliphatic heterocycles. The van der Waals surface area contributed by atoms with Gasteiger partial charge in [-0.2, -0.15) is 0 Å². The van der Waals surface area contributed by atoms with E-state index in [0.29, 0.717) is 11.1 Å². The van der Waals surface area contributed by atoms with Crippen LogP contribution in [0.1, 0.15) is 67.2 Å². The van der Waals surface area contributed by atoms with E-state index in [9.17, 15) is 0 Å². The molecule has 0 aromatic carbocycles. The molecule has 2 fully saturated rings. The minimum atomic E-state index is 0.300. The van der Waals surface area contributed by atoms with Crippen molar-refractivity contribution < 1.29 is 0 Å². The van der Waals surface area contributed by atoms with E-state index in [1.807, 2.05) is 0 Å². The summed E-state index contributed by atoms with van der Waals surface area (Å²) in [5.74, 6) is 0. The summed E-state index contributed by atoms with van der Waals surface area (Å²) in [6.07, 6.45) is 5.55. The highest BCUT2D eigenvalue weighted by atomic mass is 15.3. The lowest BCUT2D eigenvalue weighted by atomic mass is 9.89. The van der Waals surface area contributed by atoms with Crippen LogP contribution in [0.2, 0.25) is 0 Å². The maximum absolute atomic E-state index is 2.81. The van der Waals surface area contributed by atoms with Crippen LogP contribution in [0.15, 0.2) is 0 Å². The Kier molecular flexibility index (Phi) is 3.57. The van der Waals surface area contributed by atoms with Crippen molar-refractivity contribution in [2.75, 3.05) is 7.05 Å². The molecule has 2 heterocycles. The normalized spacial score (nSPS) is 34.3. The molecule has 0 radical (unpaired) electrons. The molecule has 0 spiro atoms. The molecule has 0 amide bonds. The van der Waals surface area contributed by atoms with Gasteiger partial charge in [0.1, 0.15) is 0 Å². The average molecular weight is 252 g/mol. The van der Waals surface area contributed by atoms with Crippen molar-refractivity contribution in [3.05, 3.63) is 0 Å². The van der Waals surface area contributed by atoms with Crippen molar-refractivity contribution in [3.63, 3.8) is 0 Å². The number of hydrogen-bond donors (Lipinski definition) is 0. The fourth-order valence-corrected chi connectivity index (χ4v) is 4.11. The van der Waals surface area contributed by atoms with E-state index in [1.54, 1.807) is 0 Å². The van der Waals surface area contributed by atoms with Crippen LogP contribution in [-0.2, 0) is 0 Å². The van der Waals surface area contributed by atoms with E-state index in [2.05, 4.69) is 58.4 Å². The molecule has 2 heteroatoms. The number of piperidine rings is 1. The van der Waals surface area contributed by atoms with Crippen molar-refractivity contribution in [3.8, 4) is 0 Å². The van der Waals surface area contributed by atoms with Crippen molar-refractivity contribution >= 4 is 0 Å². The smallest absolute Gasteiger partial charge is 0.0130 e. The van der Waals surface area contributed by atoms with Crippen molar-refractivity contribution in [2.24, 2.45) is 0 Å². The van der Waals surface area contributed by atoms with E-state index in [-0.39, 0.29) is 0 Å². The van der Waals surface area contributed by atoms with Gasteiger partial charge < -0.3 is 0 Å². The Labute approximate surface area is 114 Å². The molecule has 2 rings (SSSR count). The van der Waals surface area contributed by atoms with E-state index in [0.717, 1.165) is 18.1 Å². The van der Waals surface area contributed by atoms with E-state index >= 15 is 0 Å². The standard InChI is InChI=1S/C16H32N2/c1-15(2,3)17(7)14-10-12-8-9-13(11-14)18(12)16(4,5)6/h12-14H,8-11H2,1-7H3. The van der Waals surface area contributed by atoms with Crippen LogP contribution < -0.4 is 0 Å². The van der Waals surface area contributed by atoms with Crippen LogP contribution in [0, 0.1) is 0 Å². The largest absolute Gasteiger partial charge is 0.298 e. The van der Waals surface area contributed by atoms with Crippen molar-refractivity contribution in [1.82, 2.24) is 9.80 Å². The highest BCUT2D eigenvalue weighted by Crippen LogP contribution is 2.42. The molecule has 2 atom stereocenters. The first-order valence-electron chi connectivity index (χ1n) is 7.62. The number of hydrogen-bond acceptors (Lipinski definition) is 2. The summed E-state index contributed by atoms with van der Waals surface area (Å²) in [7, 11) is 2.32. The van der Waals surface area contributed by atoms with E-state index in [4.69, 9.17) is 0 Å². The summed E-state index contributed by atoms with van der Waals surface area (Å²) >= 11 is 0. The second-order valence-electron chi connectivity index (χ2n) is 8.37. The van der Waals surface area contributed by atoms with Crippen LogP contribution in [-0.4, -0.2) is 46.1 Å². The first kappa shape index (κ1) is 14.3. The lowest BCUT2D eigenvalue weighted by Gasteiger charge is -2.50. The van der Waals surface area contributed by atoms with Crippen LogP contribution in [0.25, 0.3) is 0 Å². The number of rotatable bonds is 1. The molecule has 2 nitrogen and oxygen atoms in total. The summed E-state index contributed by atoms with van der Waals surface area (Å²) in [6, 6.07) is 2.41. The van der Waals surface area contributed by atoms with E-state index in [1.165, 1.54) is 25.7 Å². The molecule has 0 N–H and O–H groups in total. The SMILES string of the molecule is CN(C1CC2CCC(C1)N2C(C)(C)C)C(C)(C)C. The fraction of sp³-hybridized carbons (Fsp3) is 1.00. The lowest BCUT2D eigenvalue weighted by molar-refractivity contribution is -0.0124. The van der Waals surface area contributed by atoms with Gasteiger partial charge >= 0.3 is 0 Å². The quantitative estimate of drug-likeness (QED) is 0.704. The third-order valence-corrected chi connectivity index (χ3v) is 5.09. The van der Waals surface area contributed by atoms with Gasteiger partial charge in [-0.1, -0.05) is 0 Å². The number of nitrogens with zero attached hydrogens (tertiary/aromatic N) is 2. The summed E-state index contributed by atoms with van der Waals surface area (Å²) < 4.78 is 0. The topological polar surface area (TPSA) is 6.48 Å². The van der Waals surface area contributed by atoms with Crippen molar-refractivity contribution in [2.45, 2.75) is 96.4 Å². The molecule has 2 unspecified atom stereocenters. The summed E-state index contributed by atoms with van der Waals surface area (Å²) in [6.45, 7) is 14.2. The molecule has 2 aliphatic rings. The summed E-state index contributed by atoms with van der Waals surface area (Å²) in [5.41, 5.74) is 0.644. The molecule has 0 saturated carbocycles. The molecule has 0 aromatic rings. The zero-order valence-electron chi connectivity index (χ0n) is 13.5. The van der Waals surface area contributed by atoms with E-state index < -0.39 is 0 Å². The van der Waals surface area contributed by atoms with Crippen LogP contribution in [0.3, 0.4) is 0 Å². The molecule has 0 aliphatic carbocycles. The molecule has 0 aromatic heterocycles. The molecule has 2 saturated heterocycles. The van der Waals surface area contributed by atoms with Gasteiger partial charge in [0.15, 0.2) is 0 Å². The first-order valence-corrected chi connectivity index (χ1v) is 7.62. The summed E-state index contributed by atoms with van der Waals surface area (Å²) in [4.78, 5) is 5.42. The second-order valence-corrected chi connectivity index (χ2v) is 8.37. The Morgan fingerprint density at radius 2 is 1.33 bits per heavy atom. The molecular weight excluding hydrogens is 220 g/mol. The fourth-order valence-electron chi connectivity index (χ4n) is 4.11. The van der Waals surface area contributed by atoms with Crippen LogP contribution >= 0.6 is 0 Å². The van der Waals surface area contributed by atoms with Gasteiger partial charge in [0.25, 0.3) is 0 Å². The molecule has 2 bridgehead atoms. The zero-order chi connectivity index (χ0) is 13.7. The minimum Gasteiger partial charge on any atom is -0.298 e. The van der Waals surface area contributed by atoms with Crippen molar-refractivity contribution in [1.29, 1.82) is 0 Å². The highest BCUT2D eigenvalue weighted by molar-refractivity contribution is 5.03. The lowest BCUT2D eigenvalue weighted by Crippen LogP contribution is -2.58. The monoisotopic (exact) mass is 252 g/mol.